The Labute approximate surface area is 304 Å². The molecule has 0 saturated carbocycles. The van der Waals surface area contributed by atoms with E-state index in [-0.39, 0.29) is 11.1 Å². The minimum absolute atomic E-state index is 0.190. The predicted molar refractivity (Wildman–Crippen MR) is 221 cm³/mol. The lowest BCUT2D eigenvalue weighted by atomic mass is 10.0. The van der Waals surface area contributed by atoms with Crippen LogP contribution in [0.1, 0.15) is 158 Å². The van der Waals surface area contributed by atoms with Crippen LogP contribution in [0.5, 0.6) is 0 Å². The van der Waals surface area contributed by atoms with E-state index in [2.05, 4.69) is 125 Å². The number of nitrogens with zero attached hydrogens (tertiary/aromatic N) is 4. The highest BCUT2D eigenvalue weighted by Gasteiger charge is 2.23. The zero-order valence-electron chi connectivity index (χ0n) is 36.5. The van der Waals surface area contributed by atoms with E-state index in [4.69, 9.17) is 0 Å². The molecule has 4 heterocycles. The second kappa shape index (κ2) is 30.2. The van der Waals surface area contributed by atoms with Crippen molar-refractivity contribution in [2.75, 3.05) is 52.4 Å². The molecule has 48 heavy (non-hydrogen) atoms. The molecule has 2 saturated heterocycles. The standard InChI is InChI=1S/C9H19N.C8H18N2.C8H16N2.C8H14N2.4C2H6/c1-9(2,3)10-7-5-4-6-8-10;3*1-8(2,3)10-6-4-9-5-7-10;4*1-2/h4-8H2,1-3H3;9H,4-7H2,1-3H3;4,6,9H,5,7H2,1-3H3;4-7,9H,1-3H3;4*1-2H3. The monoisotopic (exact) mass is 682 g/mol. The van der Waals surface area contributed by atoms with E-state index in [9.17, 15) is 0 Å². The van der Waals surface area contributed by atoms with Gasteiger partial charge in [0.15, 0.2) is 0 Å². The zero-order valence-corrected chi connectivity index (χ0v) is 36.5. The summed E-state index contributed by atoms with van der Waals surface area (Å²) in [4.78, 5) is 9.59. The van der Waals surface area contributed by atoms with E-state index in [0.29, 0.717) is 11.1 Å². The molecule has 3 N–H and O–H groups in total. The second-order valence-corrected chi connectivity index (χ2v) is 15.1. The fourth-order valence-corrected chi connectivity index (χ4v) is 4.74. The second-order valence-electron chi connectivity index (χ2n) is 15.1. The van der Waals surface area contributed by atoms with Gasteiger partial charge in [-0.05, 0) is 109 Å². The van der Waals surface area contributed by atoms with Gasteiger partial charge in [-0.2, -0.15) is 0 Å². The van der Waals surface area contributed by atoms with Crippen LogP contribution in [0.2, 0.25) is 0 Å². The smallest absolute Gasteiger partial charge is 0.0356 e. The third kappa shape index (κ3) is 28.2. The molecule has 2 fully saturated rings. The van der Waals surface area contributed by atoms with Gasteiger partial charge in [0.25, 0.3) is 0 Å². The van der Waals surface area contributed by atoms with E-state index in [0.717, 1.165) is 26.2 Å². The maximum atomic E-state index is 3.35. The Morgan fingerprint density at radius 3 is 1.08 bits per heavy atom. The molecule has 0 atom stereocenters. The number of likely N-dealkylation sites (tertiary alicyclic amines) is 1. The van der Waals surface area contributed by atoms with Crippen LogP contribution in [0.25, 0.3) is 0 Å². The highest BCUT2D eigenvalue weighted by Crippen LogP contribution is 2.19. The lowest BCUT2D eigenvalue weighted by molar-refractivity contribution is 0.111. The van der Waals surface area contributed by atoms with Crippen molar-refractivity contribution in [3.8, 4) is 0 Å². The molecule has 0 aromatic rings. The molecule has 290 valence electrons. The van der Waals surface area contributed by atoms with Crippen LogP contribution >= 0.6 is 0 Å². The Kier molecular flexibility index (Phi) is 33.4. The van der Waals surface area contributed by atoms with Crippen LogP contribution in [0.3, 0.4) is 0 Å². The molecule has 4 aliphatic rings. The Morgan fingerprint density at radius 2 is 0.833 bits per heavy atom. The fraction of sp³-hybridized carbons (Fsp3) is 0.854. The van der Waals surface area contributed by atoms with Gasteiger partial charge in [-0.3, -0.25) is 9.80 Å². The van der Waals surface area contributed by atoms with Crippen molar-refractivity contribution >= 4 is 0 Å². The molecule has 0 aromatic heterocycles. The highest BCUT2D eigenvalue weighted by atomic mass is 15.2. The van der Waals surface area contributed by atoms with Crippen molar-refractivity contribution in [2.24, 2.45) is 0 Å². The van der Waals surface area contributed by atoms with Gasteiger partial charge in [0.05, 0.1) is 0 Å². The topological polar surface area (TPSA) is 49.1 Å². The number of hydrogen-bond donors (Lipinski definition) is 3. The van der Waals surface area contributed by atoms with Gasteiger partial charge in [0.1, 0.15) is 0 Å². The molecule has 7 heteroatoms. The molecule has 0 unspecified atom stereocenters. The van der Waals surface area contributed by atoms with E-state index in [1.807, 2.05) is 86.4 Å². The number of rotatable bonds is 0. The van der Waals surface area contributed by atoms with Crippen LogP contribution in [0.15, 0.2) is 37.2 Å². The summed E-state index contributed by atoms with van der Waals surface area (Å²) in [5.74, 6) is 0. The van der Waals surface area contributed by atoms with Crippen molar-refractivity contribution in [2.45, 2.75) is 180 Å². The summed E-state index contributed by atoms with van der Waals surface area (Å²) < 4.78 is 0. The van der Waals surface area contributed by atoms with Gasteiger partial charge < -0.3 is 25.8 Å². The molecule has 7 nitrogen and oxygen atoms in total. The summed E-state index contributed by atoms with van der Waals surface area (Å²) in [6, 6.07) is 0. The minimum atomic E-state index is 0.190. The quantitative estimate of drug-likeness (QED) is 0.235. The van der Waals surface area contributed by atoms with Gasteiger partial charge in [0, 0.05) is 98.6 Å². The number of hydrogen-bond acceptors (Lipinski definition) is 7. The molecule has 0 radical (unpaired) electrons. The van der Waals surface area contributed by atoms with Crippen LogP contribution in [-0.2, 0) is 0 Å². The SMILES string of the molecule is CC.CC.CC.CC.CC(C)(C)N1C=CNC=C1.CC(C)(C)N1C=CNCC1.CC(C)(C)N1CCCCC1.CC(C)(C)N1CCNCC1. The third-order valence-electron chi connectivity index (χ3n) is 7.54. The Hall–Kier alpha value is -1.70. The molecule has 0 amide bonds. The molecule has 4 aliphatic heterocycles. The van der Waals surface area contributed by atoms with Gasteiger partial charge in [0.2, 0.25) is 0 Å². The number of nitrogens with one attached hydrogen (secondary N) is 3. The van der Waals surface area contributed by atoms with Crippen molar-refractivity contribution in [1.82, 2.24) is 35.6 Å². The molecular formula is C41H91N7. The Balaban J connectivity index is -0.000000251. The maximum Gasteiger partial charge on any atom is 0.0356 e. The highest BCUT2D eigenvalue weighted by molar-refractivity contribution is 5.03. The normalized spacial score (nSPS) is 17.7. The first-order chi connectivity index (χ1) is 22.4. The fourth-order valence-electron chi connectivity index (χ4n) is 4.74. The van der Waals surface area contributed by atoms with Crippen molar-refractivity contribution in [3.63, 3.8) is 0 Å². The van der Waals surface area contributed by atoms with E-state index in [1.54, 1.807) is 0 Å². The van der Waals surface area contributed by atoms with Gasteiger partial charge in [-0.15, -0.1) is 0 Å². The molecule has 0 aromatic carbocycles. The average molecular weight is 682 g/mol. The predicted octanol–water partition coefficient (Wildman–Crippen LogP) is 9.86. The zero-order chi connectivity index (χ0) is 38.5. The molecule has 4 rings (SSSR count). The average Bonchev–Trinajstić information content (AvgIpc) is 3.09. The first kappa shape index (κ1) is 53.1. The first-order valence-electron chi connectivity index (χ1n) is 19.7. The van der Waals surface area contributed by atoms with Crippen molar-refractivity contribution < 1.29 is 0 Å². The van der Waals surface area contributed by atoms with Crippen molar-refractivity contribution in [3.05, 3.63) is 37.2 Å². The van der Waals surface area contributed by atoms with E-state index < -0.39 is 0 Å². The maximum absolute atomic E-state index is 3.35. The summed E-state index contributed by atoms with van der Waals surface area (Å²) in [6.45, 7) is 52.4. The summed E-state index contributed by atoms with van der Waals surface area (Å²) >= 11 is 0. The first-order valence-corrected chi connectivity index (χ1v) is 19.7. The van der Waals surface area contributed by atoms with Crippen LogP contribution in [-0.4, -0.2) is 94.1 Å². The Morgan fingerprint density at radius 1 is 0.417 bits per heavy atom. The molecule has 0 aliphatic carbocycles. The molecule has 0 spiro atoms. The summed E-state index contributed by atoms with van der Waals surface area (Å²) in [6.07, 6.45) is 16.3. The van der Waals surface area contributed by atoms with E-state index >= 15 is 0 Å². The van der Waals surface area contributed by atoms with Gasteiger partial charge >= 0.3 is 0 Å². The minimum Gasteiger partial charge on any atom is -0.388 e. The number of piperazine rings is 1. The number of piperidine rings is 1. The molecule has 0 bridgehead atoms. The molecular weight excluding hydrogens is 591 g/mol. The third-order valence-corrected chi connectivity index (χ3v) is 7.54. The van der Waals surface area contributed by atoms with Gasteiger partial charge in [-0.25, -0.2) is 0 Å². The van der Waals surface area contributed by atoms with Crippen LogP contribution < -0.4 is 16.0 Å². The van der Waals surface area contributed by atoms with Crippen LogP contribution in [0, 0.1) is 0 Å². The summed E-state index contributed by atoms with van der Waals surface area (Å²) in [5.41, 5.74) is 1.23. The van der Waals surface area contributed by atoms with Crippen LogP contribution in [0.4, 0.5) is 0 Å². The van der Waals surface area contributed by atoms with Crippen molar-refractivity contribution in [1.29, 1.82) is 0 Å². The van der Waals surface area contributed by atoms with Gasteiger partial charge in [-0.1, -0.05) is 61.8 Å². The lowest BCUT2D eigenvalue weighted by Crippen LogP contribution is -2.51. The summed E-state index contributed by atoms with van der Waals surface area (Å²) in [7, 11) is 0. The summed E-state index contributed by atoms with van der Waals surface area (Å²) in [5, 5.41) is 9.49. The lowest BCUT2D eigenvalue weighted by Gasteiger charge is -2.38. The Bertz CT molecular complexity index is 707. The largest absolute Gasteiger partial charge is 0.388 e. The van der Waals surface area contributed by atoms with E-state index in [1.165, 1.54) is 45.4 Å².